The maximum atomic E-state index is 2.67. The third-order valence-corrected chi connectivity index (χ3v) is 5.46. The number of likely N-dealkylation sites (N-methyl/N-ethyl adjacent to an activating group) is 1. The van der Waals surface area contributed by atoms with Crippen molar-refractivity contribution in [3.63, 3.8) is 0 Å². The van der Waals surface area contributed by atoms with Crippen LogP contribution in [0.4, 0.5) is 0 Å². The summed E-state index contributed by atoms with van der Waals surface area (Å²) < 4.78 is 1.20. The molecule has 1 fully saturated rings. The summed E-state index contributed by atoms with van der Waals surface area (Å²) in [5.74, 6) is 0. The molecule has 122 valence electrons. The van der Waals surface area contributed by atoms with Crippen molar-refractivity contribution in [2.45, 2.75) is 19.9 Å². The second-order valence-electron chi connectivity index (χ2n) is 7.15. The zero-order valence-electron chi connectivity index (χ0n) is 14.7. The first-order valence-corrected chi connectivity index (χ1v) is 8.80. The lowest BCUT2D eigenvalue weighted by atomic mass is 9.95. The van der Waals surface area contributed by atoms with Gasteiger partial charge in [-0.2, -0.15) is 0 Å². The standard InChI is InChI=1S/C21H29N2/c1-4-23(3)15-13-22(14-16-23)21(19-10-6-5-7-11-19)20-12-8-9-18(2)17-20/h5-12,17,21H,4,13-16H2,1-3H3/q+1. The Kier molecular flexibility index (Phi) is 4.84. The maximum Gasteiger partial charge on any atom is 0.0914 e. The van der Waals surface area contributed by atoms with E-state index in [1.165, 1.54) is 40.8 Å². The van der Waals surface area contributed by atoms with Crippen LogP contribution >= 0.6 is 0 Å². The fourth-order valence-corrected chi connectivity index (χ4v) is 3.63. The number of quaternary nitrogens is 1. The van der Waals surface area contributed by atoms with Gasteiger partial charge in [0, 0.05) is 13.1 Å². The number of aryl methyl sites for hydroxylation is 1. The highest BCUT2D eigenvalue weighted by molar-refractivity contribution is 5.34. The van der Waals surface area contributed by atoms with Crippen molar-refractivity contribution in [1.82, 2.24) is 4.90 Å². The quantitative estimate of drug-likeness (QED) is 0.775. The third-order valence-electron chi connectivity index (χ3n) is 5.46. The van der Waals surface area contributed by atoms with E-state index in [0.29, 0.717) is 6.04 Å². The van der Waals surface area contributed by atoms with E-state index < -0.39 is 0 Å². The second kappa shape index (κ2) is 6.86. The Morgan fingerprint density at radius 2 is 1.61 bits per heavy atom. The summed E-state index contributed by atoms with van der Waals surface area (Å²) in [5, 5.41) is 0. The Labute approximate surface area is 140 Å². The number of nitrogens with zero attached hydrogens (tertiary/aromatic N) is 2. The molecule has 1 atom stereocenters. The van der Waals surface area contributed by atoms with Crippen LogP contribution in [0.3, 0.4) is 0 Å². The smallest absolute Gasteiger partial charge is 0.0914 e. The molecular formula is C21H29N2+. The molecule has 0 saturated carbocycles. The number of hydrogen-bond donors (Lipinski definition) is 0. The molecular weight excluding hydrogens is 280 g/mol. The summed E-state index contributed by atoms with van der Waals surface area (Å²) >= 11 is 0. The molecule has 0 spiro atoms. The molecule has 3 rings (SSSR count). The lowest BCUT2D eigenvalue weighted by molar-refractivity contribution is -0.912. The van der Waals surface area contributed by atoms with Gasteiger partial charge in [-0.25, -0.2) is 0 Å². The highest BCUT2D eigenvalue weighted by Crippen LogP contribution is 2.30. The molecule has 1 aliphatic rings. The molecule has 23 heavy (non-hydrogen) atoms. The van der Waals surface area contributed by atoms with Gasteiger partial charge in [0.05, 0.1) is 32.7 Å². The molecule has 0 aromatic heterocycles. The van der Waals surface area contributed by atoms with Gasteiger partial charge in [-0.05, 0) is 25.0 Å². The molecule has 1 aliphatic heterocycles. The summed E-state index contributed by atoms with van der Waals surface area (Å²) in [4.78, 5) is 2.67. The van der Waals surface area contributed by atoms with Gasteiger partial charge < -0.3 is 4.48 Å². The largest absolute Gasteiger partial charge is 0.324 e. The Hall–Kier alpha value is -1.64. The van der Waals surface area contributed by atoms with Crippen LogP contribution in [-0.4, -0.2) is 49.2 Å². The Morgan fingerprint density at radius 3 is 2.22 bits per heavy atom. The molecule has 0 aliphatic carbocycles. The summed E-state index contributed by atoms with van der Waals surface area (Å²) in [6.45, 7) is 10.5. The van der Waals surface area contributed by atoms with E-state index in [-0.39, 0.29) is 0 Å². The van der Waals surface area contributed by atoms with Gasteiger partial charge in [0.15, 0.2) is 0 Å². The predicted molar refractivity (Wildman–Crippen MR) is 97.5 cm³/mol. The van der Waals surface area contributed by atoms with Crippen molar-refractivity contribution in [1.29, 1.82) is 0 Å². The SMILES string of the molecule is CC[N+]1(C)CCN(C(c2ccccc2)c2cccc(C)c2)CC1. The fraction of sp³-hybridized carbons (Fsp3) is 0.429. The zero-order chi connectivity index (χ0) is 16.3. The lowest BCUT2D eigenvalue weighted by Crippen LogP contribution is -2.57. The van der Waals surface area contributed by atoms with Crippen molar-refractivity contribution in [3.05, 3.63) is 71.3 Å². The van der Waals surface area contributed by atoms with E-state index in [1.54, 1.807) is 0 Å². The van der Waals surface area contributed by atoms with E-state index in [4.69, 9.17) is 0 Å². The van der Waals surface area contributed by atoms with Crippen LogP contribution in [0.15, 0.2) is 54.6 Å². The van der Waals surface area contributed by atoms with Crippen molar-refractivity contribution in [3.8, 4) is 0 Å². The van der Waals surface area contributed by atoms with Gasteiger partial charge in [0.2, 0.25) is 0 Å². The number of hydrogen-bond acceptors (Lipinski definition) is 1. The Morgan fingerprint density at radius 1 is 0.957 bits per heavy atom. The second-order valence-corrected chi connectivity index (χ2v) is 7.15. The van der Waals surface area contributed by atoms with E-state index >= 15 is 0 Å². The van der Waals surface area contributed by atoms with Crippen molar-refractivity contribution in [2.75, 3.05) is 39.8 Å². The van der Waals surface area contributed by atoms with Crippen LogP contribution in [0.2, 0.25) is 0 Å². The van der Waals surface area contributed by atoms with E-state index in [9.17, 15) is 0 Å². The fourth-order valence-electron chi connectivity index (χ4n) is 3.63. The summed E-state index contributed by atoms with van der Waals surface area (Å²) in [6.07, 6.45) is 0. The molecule has 2 aromatic rings. The lowest BCUT2D eigenvalue weighted by Gasteiger charge is -2.44. The Balaban J connectivity index is 1.91. The molecule has 0 radical (unpaired) electrons. The number of piperazine rings is 1. The first-order valence-electron chi connectivity index (χ1n) is 8.80. The van der Waals surface area contributed by atoms with Crippen molar-refractivity contribution >= 4 is 0 Å². The highest BCUT2D eigenvalue weighted by Gasteiger charge is 2.32. The van der Waals surface area contributed by atoms with Gasteiger partial charge in [0.25, 0.3) is 0 Å². The van der Waals surface area contributed by atoms with Crippen LogP contribution < -0.4 is 0 Å². The van der Waals surface area contributed by atoms with Crippen molar-refractivity contribution < 1.29 is 4.48 Å². The molecule has 2 aromatic carbocycles. The average molecular weight is 309 g/mol. The van der Waals surface area contributed by atoms with Gasteiger partial charge >= 0.3 is 0 Å². The van der Waals surface area contributed by atoms with Crippen LogP contribution in [0, 0.1) is 6.92 Å². The summed E-state index contributed by atoms with van der Waals surface area (Å²) in [7, 11) is 2.39. The molecule has 1 heterocycles. The van der Waals surface area contributed by atoms with E-state index in [0.717, 1.165) is 13.1 Å². The molecule has 1 saturated heterocycles. The van der Waals surface area contributed by atoms with Gasteiger partial charge in [-0.3, -0.25) is 4.90 Å². The van der Waals surface area contributed by atoms with Crippen LogP contribution in [0.5, 0.6) is 0 Å². The summed E-state index contributed by atoms with van der Waals surface area (Å²) in [5.41, 5.74) is 4.17. The number of rotatable bonds is 4. The molecule has 2 heteroatoms. The molecule has 0 bridgehead atoms. The first kappa shape index (κ1) is 16.2. The normalized spacial score (nSPS) is 19.4. The average Bonchev–Trinajstić information content (AvgIpc) is 2.58. The summed E-state index contributed by atoms with van der Waals surface area (Å²) in [6, 6.07) is 20.4. The minimum atomic E-state index is 0.377. The molecule has 2 nitrogen and oxygen atoms in total. The van der Waals surface area contributed by atoms with Crippen LogP contribution in [-0.2, 0) is 0 Å². The zero-order valence-corrected chi connectivity index (χ0v) is 14.7. The third kappa shape index (κ3) is 3.65. The first-order chi connectivity index (χ1) is 11.1. The van der Waals surface area contributed by atoms with Crippen LogP contribution in [0.25, 0.3) is 0 Å². The Bertz CT molecular complexity index is 627. The van der Waals surface area contributed by atoms with Gasteiger partial charge in [-0.1, -0.05) is 60.2 Å². The maximum absolute atomic E-state index is 2.67. The minimum absolute atomic E-state index is 0.377. The minimum Gasteiger partial charge on any atom is -0.324 e. The highest BCUT2D eigenvalue weighted by atomic mass is 15.4. The predicted octanol–water partition coefficient (Wildman–Crippen LogP) is 3.87. The van der Waals surface area contributed by atoms with E-state index in [2.05, 4.69) is 80.4 Å². The monoisotopic (exact) mass is 309 g/mol. The molecule has 1 unspecified atom stereocenters. The van der Waals surface area contributed by atoms with Gasteiger partial charge in [0.1, 0.15) is 0 Å². The molecule has 0 N–H and O–H groups in total. The molecule has 0 amide bonds. The number of benzene rings is 2. The van der Waals surface area contributed by atoms with E-state index in [1.807, 2.05) is 0 Å². The van der Waals surface area contributed by atoms with Crippen molar-refractivity contribution in [2.24, 2.45) is 0 Å². The topological polar surface area (TPSA) is 3.24 Å². The van der Waals surface area contributed by atoms with Crippen LogP contribution in [0.1, 0.15) is 29.7 Å². The van der Waals surface area contributed by atoms with Gasteiger partial charge in [-0.15, -0.1) is 0 Å².